The van der Waals surface area contributed by atoms with Gasteiger partial charge in [0.15, 0.2) is 0 Å². The lowest BCUT2D eigenvalue weighted by molar-refractivity contribution is 0.00387. The molecule has 1 saturated heterocycles. The summed E-state index contributed by atoms with van der Waals surface area (Å²) in [6.07, 6.45) is 0.460. The molecule has 2 rings (SSSR count). The second-order valence-corrected chi connectivity index (χ2v) is 5.45. The molecule has 19 heavy (non-hydrogen) atoms. The molecule has 1 atom stereocenters. The smallest absolute Gasteiger partial charge is 0.264 e. The van der Waals surface area contributed by atoms with Crippen LogP contribution in [0.15, 0.2) is 12.1 Å². The number of rotatable bonds is 2. The number of hydrogen-bond donors (Lipinski definition) is 1. The summed E-state index contributed by atoms with van der Waals surface area (Å²) in [5.41, 5.74) is 0. The number of carbonyl (C=O) groups excluding carboxylic acids is 1. The fourth-order valence-corrected chi connectivity index (χ4v) is 2.73. The number of amides is 1. The van der Waals surface area contributed by atoms with Crippen molar-refractivity contribution in [1.82, 2.24) is 4.90 Å². The third-order valence-electron chi connectivity index (χ3n) is 2.89. The highest BCUT2D eigenvalue weighted by atomic mass is 32.1. The highest BCUT2D eigenvalue weighted by molar-refractivity contribution is 7.14. The zero-order chi connectivity index (χ0) is 13.7. The van der Waals surface area contributed by atoms with Crippen molar-refractivity contribution in [1.29, 1.82) is 0 Å². The predicted octanol–water partition coefficient (Wildman–Crippen LogP) is 1.34. The number of ether oxygens (including phenoxy) is 1. The molecule has 0 spiro atoms. The van der Waals surface area contributed by atoms with E-state index < -0.39 is 0 Å². The van der Waals surface area contributed by atoms with Crippen molar-refractivity contribution in [3.63, 3.8) is 0 Å². The van der Waals surface area contributed by atoms with Gasteiger partial charge in [-0.05, 0) is 19.1 Å². The second-order valence-electron chi connectivity index (χ2n) is 4.36. The third kappa shape index (κ3) is 3.57. The molecule has 1 fully saturated rings. The predicted molar refractivity (Wildman–Crippen MR) is 74.2 cm³/mol. The molecule has 1 N–H and O–H groups in total. The highest BCUT2D eigenvalue weighted by Gasteiger charge is 2.25. The summed E-state index contributed by atoms with van der Waals surface area (Å²) < 4.78 is 5.33. The number of thiophene rings is 1. The zero-order valence-electron chi connectivity index (χ0n) is 10.9. The summed E-state index contributed by atoms with van der Waals surface area (Å²) in [6, 6.07) is 3.79. The Morgan fingerprint density at radius 1 is 1.63 bits per heavy atom. The van der Waals surface area contributed by atoms with E-state index >= 15 is 0 Å². The highest BCUT2D eigenvalue weighted by Crippen LogP contribution is 2.20. The summed E-state index contributed by atoms with van der Waals surface area (Å²) in [4.78, 5) is 15.8. The van der Waals surface area contributed by atoms with Gasteiger partial charge in [-0.15, -0.1) is 11.3 Å². The molecular formula is C14H17NO3S. The molecule has 0 radical (unpaired) electrons. The molecule has 0 saturated carbocycles. The monoisotopic (exact) mass is 279 g/mol. The maximum absolute atomic E-state index is 12.3. The van der Waals surface area contributed by atoms with Crippen LogP contribution < -0.4 is 0 Å². The van der Waals surface area contributed by atoms with Crippen molar-refractivity contribution in [2.24, 2.45) is 0 Å². The molecule has 1 aromatic rings. The van der Waals surface area contributed by atoms with Gasteiger partial charge < -0.3 is 14.7 Å². The third-order valence-corrected chi connectivity index (χ3v) is 3.88. The van der Waals surface area contributed by atoms with Crippen molar-refractivity contribution in [3.05, 3.63) is 21.9 Å². The van der Waals surface area contributed by atoms with Gasteiger partial charge in [0.1, 0.15) is 0 Å². The lowest BCUT2D eigenvalue weighted by Crippen LogP contribution is -2.46. The summed E-state index contributed by atoms with van der Waals surface area (Å²) in [7, 11) is 0. The fourth-order valence-electron chi connectivity index (χ4n) is 1.90. The van der Waals surface area contributed by atoms with E-state index in [4.69, 9.17) is 9.84 Å². The van der Waals surface area contributed by atoms with Crippen molar-refractivity contribution < 1.29 is 14.6 Å². The van der Waals surface area contributed by atoms with E-state index in [1.54, 1.807) is 0 Å². The lowest BCUT2D eigenvalue weighted by atomic mass is 10.2. The van der Waals surface area contributed by atoms with Gasteiger partial charge >= 0.3 is 0 Å². The van der Waals surface area contributed by atoms with Crippen molar-refractivity contribution in [2.45, 2.75) is 19.4 Å². The average Bonchev–Trinajstić information content (AvgIpc) is 2.88. The molecule has 5 heteroatoms. The van der Waals surface area contributed by atoms with Crippen LogP contribution in [0, 0.1) is 11.8 Å². The van der Waals surface area contributed by atoms with Gasteiger partial charge in [0, 0.05) is 13.0 Å². The Bertz CT molecular complexity index is 500. The largest absolute Gasteiger partial charge is 0.395 e. The first-order valence-electron chi connectivity index (χ1n) is 6.30. The van der Waals surface area contributed by atoms with Crippen molar-refractivity contribution in [3.8, 4) is 11.8 Å². The summed E-state index contributed by atoms with van der Waals surface area (Å²) in [5, 5.41) is 8.67. The van der Waals surface area contributed by atoms with Crippen LogP contribution in [-0.2, 0) is 4.74 Å². The van der Waals surface area contributed by atoms with Crippen LogP contribution >= 0.6 is 11.3 Å². The molecular weight excluding hydrogens is 262 g/mol. The molecule has 1 aliphatic heterocycles. The maximum atomic E-state index is 12.3. The molecule has 1 aliphatic rings. The van der Waals surface area contributed by atoms with E-state index in [1.807, 2.05) is 24.0 Å². The van der Waals surface area contributed by atoms with Crippen LogP contribution in [0.1, 0.15) is 27.9 Å². The molecule has 0 aromatic carbocycles. The topological polar surface area (TPSA) is 49.8 Å². The lowest BCUT2D eigenvalue weighted by Gasteiger charge is -2.32. The minimum atomic E-state index is 0.0519. The summed E-state index contributed by atoms with van der Waals surface area (Å²) in [5.74, 6) is 5.86. The van der Waals surface area contributed by atoms with Gasteiger partial charge in [-0.2, -0.15) is 0 Å². The van der Waals surface area contributed by atoms with Crippen LogP contribution in [0.4, 0.5) is 0 Å². The molecule has 102 valence electrons. The van der Waals surface area contributed by atoms with Gasteiger partial charge in [-0.25, -0.2) is 0 Å². The normalized spacial score (nSPS) is 18.8. The number of aliphatic hydroxyl groups excluding tert-OH is 1. The van der Waals surface area contributed by atoms with Gasteiger partial charge in [0.25, 0.3) is 5.91 Å². The Balaban J connectivity index is 2.05. The number of carbonyl (C=O) groups is 1. The van der Waals surface area contributed by atoms with Crippen LogP contribution in [-0.4, -0.2) is 48.3 Å². The molecule has 0 bridgehead atoms. The molecule has 2 heterocycles. The molecule has 4 nitrogen and oxygen atoms in total. The summed E-state index contributed by atoms with van der Waals surface area (Å²) >= 11 is 1.40. The van der Waals surface area contributed by atoms with Crippen LogP contribution in [0.3, 0.4) is 0 Å². The Hall–Kier alpha value is -1.35. The quantitative estimate of drug-likeness (QED) is 0.831. The van der Waals surface area contributed by atoms with Gasteiger partial charge in [0.05, 0.1) is 35.6 Å². The summed E-state index contributed by atoms with van der Waals surface area (Å²) in [6.45, 7) is 3.90. The van der Waals surface area contributed by atoms with E-state index in [0.29, 0.717) is 31.1 Å². The van der Waals surface area contributed by atoms with Crippen LogP contribution in [0.2, 0.25) is 0 Å². The van der Waals surface area contributed by atoms with Crippen LogP contribution in [0.25, 0.3) is 0 Å². The molecule has 0 aliphatic carbocycles. The zero-order valence-corrected chi connectivity index (χ0v) is 11.7. The second kappa shape index (κ2) is 6.71. The Kier molecular flexibility index (Phi) is 4.97. The number of nitrogens with zero attached hydrogens (tertiary/aromatic N) is 1. The molecule has 1 aromatic heterocycles. The first kappa shape index (κ1) is 14.1. The number of hydrogen-bond acceptors (Lipinski definition) is 4. The SMILES string of the molecule is CC1COCCN1C(=O)c1ccc(C#CCCO)s1. The minimum absolute atomic E-state index is 0.0519. The van der Waals surface area contributed by atoms with E-state index in [-0.39, 0.29) is 18.6 Å². The Morgan fingerprint density at radius 3 is 3.21 bits per heavy atom. The number of aliphatic hydroxyl groups is 1. The van der Waals surface area contributed by atoms with Crippen molar-refractivity contribution >= 4 is 17.2 Å². The maximum Gasteiger partial charge on any atom is 0.264 e. The van der Waals surface area contributed by atoms with Gasteiger partial charge in [0.2, 0.25) is 0 Å². The molecule has 1 amide bonds. The Morgan fingerprint density at radius 2 is 2.47 bits per heavy atom. The van der Waals surface area contributed by atoms with Gasteiger partial charge in [-0.3, -0.25) is 4.79 Å². The van der Waals surface area contributed by atoms with E-state index in [0.717, 1.165) is 4.88 Å². The molecule has 1 unspecified atom stereocenters. The van der Waals surface area contributed by atoms with E-state index in [1.165, 1.54) is 11.3 Å². The van der Waals surface area contributed by atoms with Crippen molar-refractivity contribution in [2.75, 3.05) is 26.4 Å². The van der Waals surface area contributed by atoms with E-state index in [9.17, 15) is 4.79 Å². The first-order valence-corrected chi connectivity index (χ1v) is 7.12. The van der Waals surface area contributed by atoms with Crippen LogP contribution in [0.5, 0.6) is 0 Å². The van der Waals surface area contributed by atoms with Gasteiger partial charge in [-0.1, -0.05) is 11.8 Å². The Labute approximate surface area is 117 Å². The minimum Gasteiger partial charge on any atom is -0.395 e. The standard InChI is InChI=1S/C14H17NO3S/c1-11-10-18-9-7-15(11)14(17)13-6-5-12(19-13)4-2-3-8-16/h5-6,11,16H,3,7-10H2,1H3. The average molecular weight is 279 g/mol. The first-order chi connectivity index (χ1) is 9.22. The number of morpholine rings is 1. The van der Waals surface area contributed by atoms with E-state index in [2.05, 4.69) is 11.8 Å². The fraction of sp³-hybridized carbons (Fsp3) is 0.500.